The highest BCUT2D eigenvalue weighted by molar-refractivity contribution is 9.09. The number of rotatable bonds is 8. The van der Waals surface area contributed by atoms with Crippen LogP contribution in [-0.4, -0.2) is 40.2 Å². The van der Waals surface area contributed by atoms with Crippen molar-refractivity contribution in [2.45, 2.75) is 46.1 Å². The summed E-state index contributed by atoms with van der Waals surface area (Å²) >= 11 is 3.38. The minimum Gasteiger partial charge on any atom is -0.480 e. The molecule has 0 saturated carbocycles. The Morgan fingerprint density at radius 1 is 1.24 bits per heavy atom. The zero-order chi connectivity index (χ0) is 18.9. The molecule has 0 aliphatic rings. The fraction of sp³-hybridized carbons (Fsp3) is 0.526. The SMILES string of the molecule is CCOC(O)=C(Cc1ccccc1)N(CCCBr)C(=O)OC(C)(C)C. The summed E-state index contributed by atoms with van der Waals surface area (Å²) < 4.78 is 10.8. The van der Waals surface area contributed by atoms with Crippen LogP contribution < -0.4 is 0 Å². The van der Waals surface area contributed by atoms with Crippen molar-refractivity contribution < 1.29 is 19.4 Å². The van der Waals surface area contributed by atoms with Crippen LogP contribution in [0.25, 0.3) is 0 Å². The van der Waals surface area contributed by atoms with Gasteiger partial charge in [-0.1, -0.05) is 46.3 Å². The molecular formula is C19H28BrNO4. The maximum absolute atomic E-state index is 12.7. The Hall–Kier alpha value is -1.69. The number of carbonyl (C=O) groups excluding carboxylic acids is 1. The minimum atomic E-state index is -0.622. The summed E-state index contributed by atoms with van der Waals surface area (Å²) in [6.45, 7) is 7.96. The van der Waals surface area contributed by atoms with Crippen molar-refractivity contribution in [2.24, 2.45) is 0 Å². The molecule has 140 valence electrons. The van der Waals surface area contributed by atoms with Gasteiger partial charge in [0.1, 0.15) is 11.3 Å². The maximum atomic E-state index is 12.7. The van der Waals surface area contributed by atoms with Crippen LogP contribution in [0.15, 0.2) is 42.0 Å². The first kappa shape index (κ1) is 21.4. The van der Waals surface area contributed by atoms with Gasteiger partial charge in [0.2, 0.25) is 0 Å². The van der Waals surface area contributed by atoms with Crippen LogP contribution in [-0.2, 0) is 15.9 Å². The molecule has 25 heavy (non-hydrogen) atoms. The molecule has 0 aromatic heterocycles. The highest BCUT2D eigenvalue weighted by atomic mass is 79.9. The smallest absolute Gasteiger partial charge is 0.414 e. The van der Waals surface area contributed by atoms with Gasteiger partial charge in [0.05, 0.1) is 6.61 Å². The normalized spacial score (nSPS) is 12.4. The summed E-state index contributed by atoms with van der Waals surface area (Å²) in [5.41, 5.74) is 0.752. The lowest BCUT2D eigenvalue weighted by Gasteiger charge is -2.29. The molecule has 0 bridgehead atoms. The van der Waals surface area contributed by atoms with Crippen LogP contribution in [0.3, 0.4) is 0 Å². The van der Waals surface area contributed by atoms with Gasteiger partial charge in [0.15, 0.2) is 0 Å². The average molecular weight is 414 g/mol. The Morgan fingerprint density at radius 3 is 2.40 bits per heavy atom. The number of hydrogen-bond acceptors (Lipinski definition) is 4. The number of hydrogen-bond donors (Lipinski definition) is 1. The van der Waals surface area contributed by atoms with Crippen molar-refractivity contribution in [2.75, 3.05) is 18.5 Å². The summed E-state index contributed by atoms with van der Waals surface area (Å²) in [4.78, 5) is 14.2. The second kappa shape index (κ2) is 10.3. The molecule has 0 aliphatic carbocycles. The average Bonchev–Trinajstić information content (AvgIpc) is 2.53. The summed E-state index contributed by atoms with van der Waals surface area (Å²) in [6.07, 6.45) is 0.594. The number of benzene rings is 1. The van der Waals surface area contributed by atoms with E-state index in [9.17, 15) is 9.90 Å². The Balaban J connectivity index is 3.18. The molecule has 0 aliphatic heterocycles. The first-order valence-electron chi connectivity index (χ1n) is 8.43. The van der Waals surface area contributed by atoms with Gasteiger partial charge in [-0.3, -0.25) is 4.90 Å². The lowest BCUT2D eigenvalue weighted by atomic mass is 10.1. The van der Waals surface area contributed by atoms with Crippen molar-refractivity contribution in [3.05, 3.63) is 47.5 Å². The number of aliphatic hydroxyl groups is 1. The molecule has 0 spiro atoms. The Bertz CT molecular complexity index is 567. The van der Waals surface area contributed by atoms with E-state index in [0.717, 1.165) is 17.3 Å². The molecule has 0 unspecified atom stereocenters. The summed E-state index contributed by atoms with van der Waals surface area (Å²) in [6, 6.07) is 9.64. The van der Waals surface area contributed by atoms with Crippen molar-refractivity contribution in [3.8, 4) is 0 Å². The molecule has 0 radical (unpaired) electrons. The summed E-state index contributed by atoms with van der Waals surface area (Å²) in [7, 11) is 0. The number of amides is 1. The van der Waals surface area contributed by atoms with E-state index >= 15 is 0 Å². The highest BCUT2D eigenvalue weighted by Crippen LogP contribution is 2.21. The number of ether oxygens (including phenoxy) is 2. The van der Waals surface area contributed by atoms with Crippen molar-refractivity contribution in [3.63, 3.8) is 0 Å². The van der Waals surface area contributed by atoms with E-state index in [2.05, 4.69) is 15.9 Å². The molecule has 0 saturated heterocycles. The summed E-state index contributed by atoms with van der Waals surface area (Å²) in [5, 5.41) is 11.1. The first-order valence-corrected chi connectivity index (χ1v) is 9.56. The third-order valence-corrected chi connectivity index (χ3v) is 3.76. The number of aliphatic hydroxyl groups excluding tert-OH is 1. The van der Waals surface area contributed by atoms with Crippen LogP contribution in [0.1, 0.15) is 39.7 Å². The van der Waals surface area contributed by atoms with Gasteiger partial charge in [-0.15, -0.1) is 0 Å². The first-order chi connectivity index (χ1) is 11.8. The molecule has 6 heteroatoms. The van der Waals surface area contributed by atoms with Crippen molar-refractivity contribution in [1.82, 2.24) is 4.90 Å². The number of nitrogens with zero attached hydrogens (tertiary/aromatic N) is 1. The van der Waals surface area contributed by atoms with Crippen LogP contribution in [0.2, 0.25) is 0 Å². The van der Waals surface area contributed by atoms with E-state index in [1.165, 1.54) is 4.90 Å². The van der Waals surface area contributed by atoms with E-state index in [0.29, 0.717) is 25.3 Å². The zero-order valence-electron chi connectivity index (χ0n) is 15.4. The number of halogens is 1. The molecule has 1 rings (SSSR count). The number of carbonyl (C=O) groups is 1. The van der Waals surface area contributed by atoms with Gasteiger partial charge < -0.3 is 14.6 Å². The molecular weight excluding hydrogens is 386 g/mol. The Kier molecular flexibility index (Phi) is 8.83. The van der Waals surface area contributed by atoms with Gasteiger partial charge >= 0.3 is 6.09 Å². The van der Waals surface area contributed by atoms with Gasteiger partial charge in [-0.05, 0) is 39.7 Å². The molecule has 0 heterocycles. The van der Waals surface area contributed by atoms with Crippen molar-refractivity contribution >= 4 is 22.0 Å². The third kappa shape index (κ3) is 7.82. The minimum absolute atomic E-state index is 0.244. The van der Waals surface area contributed by atoms with Gasteiger partial charge in [0.25, 0.3) is 5.95 Å². The second-order valence-corrected chi connectivity index (χ2v) is 7.31. The topological polar surface area (TPSA) is 59.0 Å². The van der Waals surface area contributed by atoms with E-state index in [-0.39, 0.29) is 5.95 Å². The fourth-order valence-electron chi connectivity index (χ4n) is 2.17. The largest absolute Gasteiger partial charge is 0.480 e. The molecule has 5 nitrogen and oxygen atoms in total. The quantitative estimate of drug-likeness (QED) is 0.480. The van der Waals surface area contributed by atoms with E-state index in [4.69, 9.17) is 9.47 Å². The van der Waals surface area contributed by atoms with Crippen LogP contribution in [0, 0.1) is 0 Å². The molecule has 1 N–H and O–H groups in total. The maximum Gasteiger partial charge on any atom is 0.414 e. The lowest BCUT2D eigenvalue weighted by molar-refractivity contribution is 0.0249. The Labute approximate surface area is 158 Å². The van der Waals surface area contributed by atoms with E-state index in [1.807, 2.05) is 51.1 Å². The molecule has 1 aromatic rings. The molecule has 0 atom stereocenters. The molecule has 0 fully saturated rings. The van der Waals surface area contributed by atoms with E-state index < -0.39 is 11.7 Å². The Morgan fingerprint density at radius 2 is 1.88 bits per heavy atom. The third-order valence-electron chi connectivity index (χ3n) is 3.20. The molecule has 1 aromatic carbocycles. The highest BCUT2D eigenvalue weighted by Gasteiger charge is 2.27. The lowest BCUT2D eigenvalue weighted by Crippen LogP contribution is -2.38. The predicted molar refractivity (Wildman–Crippen MR) is 103 cm³/mol. The predicted octanol–water partition coefficient (Wildman–Crippen LogP) is 5.01. The molecule has 1 amide bonds. The van der Waals surface area contributed by atoms with Crippen LogP contribution in [0.4, 0.5) is 4.79 Å². The van der Waals surface area contributed by atoms with Crippen molar-refractivity contribution in [1.29, 1.82) is 0 Å². The van der Waals surface area contributed by atoms with Gasteiger partial charge in [-0.2, -0.15) is 0 Å². The number of allylic oxidation sites excluding steroid dienone is 1. The van der Waals surface area contributed by atoms with Gasteiger partial charge in [0, 0.05) is 18.3 Å². The van der Waals surface area contributed by atoms with Crippen LogP contribution >= 0.6 is 15.9 Å². The monoisotopic (exact) mass is 413 g/mol. The van der Waals surface area contributed by atoms with E-state index in [1.54, 1.807) is 6.92 Å². The summed E-state index contributed by atoms with van der Waals surface area (Å²) in [5.74, 6) is -0.244. The second-order valence-electron chi connectivity index (χ2n) is 6.52. The van der Waals surface area contributed by atoms with Crippen LogP contribution in [0.5, 0.6) is 0 Å². The number of alkyl halides is 1. The zero-order valence-corrected chi connectivity index (χ0v) is 17.0. The van der Waals surface area contributed by atoms with Gasteiger partial charge in [-0.25, -0.2) is 4.79 Å². The standard InChI is InChI=1S/C19H28BrNO4/c1-5-24-17(22)16(14-15-10-7-6-8-11-15)21(13-9-12-20)18(23)25-19(2,3)4/h6-8,10-11,22H,5,9,12-14H2,1-4H3. The fourth-order valence-corrected chi connectivity index (χ4v) is 2.42.